The number of carbonyl (C=O) groups is 4. The van der Waals surface area contributed by atoms with Gasteiger partial charge in [-0.2, -0.15) is 0 Å². The SMILES string of the molecule is CC/C=C\C/C=C\C/C=C\C/C=C\C/C=C\CCCCCC(=O)OC1C(OCC(COC(=O)CCCCCCC/C=C\CCCC)OC(=O)CCCCCCC/C=C\CCCC)OC(C(=O)O)C(O)C1O. The monoisotopic (exact) mass is 997 g/mol. The Kier molecular flexibility index (Phi) is 42.9. The number of esters is 3. The molecule has 12 nitrogen and oxygen atoms in total. The largest absolute Gasteiger partial charge is 0.479 e. The summed E-state index contributed by atoms with van der Waals surface area (Å²) < 4.78 is 28.3. The highest BCUT2D eigenvalue weighted by molar-refractivity contribution is 5.74. The summed E-state index contributed by atoms with van der Waals surface area (Å²) in [6.07, 6.45) is 47.1. The lowest BCUT2D eigenvalue weighted by atomic mass is 9.98. The van der Waals surface area contributed by atoms with E-state index in [9.17, 15) is 34.5 Å². The highest BCUT2D eigenvalue weighted by Crippen LogP contribution is 2.26. The van der Waals surface area contributed by atoms with Crippen LogP contribution >= 0.6 is 0 Å². The molecule has 404 valence electrons. The molecule has 0 radical (unpaired) electrons. The molecule has 71 heavy (non-hydrogen) atoms. The van der Waals surface area contributed by atoms with E-state index >= 15 is 0 Å². The lowest BCUT2D eigenvalue weighted by Gasteiger charge is -2.40. The van der Waals surface area contributed by atoms with Crippen molar-refractivity contribution >= 4 is 23.9 Å². The number of aliphatic hydroxyl groups is 2. The van der Waals surface area contributed by atoms with Gasteiger partial charge in [0.2, 0.25) is 0 Å². The van der Waals surface area contributed by atoms with Crippen molar-refractivity contribution in [1.82, 2.24) is 0 Å². The highest BCUT2D eigenvalue weighted by atomic mass is 16.7. The zero-order valence-corrected chi connectivity index (χ0v) is 44.2. The molecule has 1 fully saturated rings. The topological polar surface area (TPSA) is 175 Å². The van der Waals surface area contributed by atoms with Crippen molar-refractivity contribution < 1.29 is 58.2 Å². The van der Waals surface area contributed by atoms with Crippen LogP contribution in [-0.2, 0) is 42.9 Å². The molecular formula is C59H96O12. The minimum Gasteiger partial charge on any atom is -0.479 e. The molecule has 0 aromatic rings. The predicted octanol–water partition coefficient (Wildman–Crippen LogP) is 13.6. The van der Waals surface area contributed by atoms with Crippen LogP contribution in [0.5, 0.6) is 0 Å². The third-order valence-electron chi connectivity index (χ3n) is 11.9. The number of rotatable bonds is 45. The van der Waals surface area contributed by atoms with Crippen molar-refractivity contribution in [3.63, 3.8) is 0 Å². The van der Waals surface area contributed by atoms with Gasteiger partial charge in [0.1, 0.15) is 18.8 Å². The number of carbonyl (C=O) groups excluding carboxylic acids is 3. The molecule has 6 unspecified atom stereocenters. The van der Waals surface area contributed by atoms with Gasteiger partial charge in [-0.15, -0.1) is 0 Å². The normalized spacial score (nSPS) is 19.1. The van der Waals surface area contributed by atoms with E-state index in [1.165, 1.54) is 25.7 Å². The van der Waals surface area contributed by atoms with Crippen LogP contribution in [0.2, 0.25) is 0 Å². The first-order chi connectivity index (χ1) is 34.6. The molecule has 1 rings (SSSR count). The van der Waals surface area contributed by atoms with Crippen LogP contribution in [0.25, 0.3) is 0 Å². The van der Waals surface area contributed by atoms with E-state index in [2.05, 4.69) is 106 Å². The van der Waals surface area contributed by atoms with Crippen LogP contribution in [0, 0.1) is 0 Å². The highest BCUT2D eigenvalue weighted by Gasteiger charge is 2.50. The third-order valence-corrected chi connectivity index (χ3v) is 11.9. The summed E-state index contributed by atoms with van der Waals surface area (Å²) in [5, 5.41) is 31.4. The number of aliphatic hydroxyl groups excluding tert-OH is 2. The molecule has 0 amide bonds. The molecule has 0 aliphatic carbocycles. The van der Waals surface area contributed by atoms with Gasteiger partial charge < -0.3 is 39.0 Å². The van der Waals surface area contributed by atoms with E-state index in [1.54, 1.807) is 0 Å². The smallest absolute Gasteiger partial charge is 0.335 e. The van der Waals surface area contributed by atoms with Crippen LogP contribution in [-0.4, -0.2) is 89.2 Å². The van der Waals surface area contributed by atoms with E-state index in [-0.39, 0.29) is 25.9 Å². The van der Waals surface area contributed by atoms with Crippen molar-refractivity contribution in [2.75, 3.05) is 13.2 Å². The van der Waals surface area contributed by atoms with Crippen molar-refractivity contribution in [2.24, 2.45) is 0 Å². The number of hydrogen-bond acceptors (Lipinski definition) is 11. The average Bonchev–Trinajstić information content (AvgIpc) is 3.35. The first-order valence-corrected chi connectivity index (χ1v) is 27.6. The Hall–Kier alpha value is -4.10. The summed E-state index contributed by atoms with van der Waals surface area (Å²) in [6.45, 7) is 5.74. The minimum absolute atomic E-state index is 0.0167. The number of aliphatic carboxylic acids is 1. The van der Waals surface area contributed by atoms with Gasteiger partial charge in [-0.3, -0.25) is 14.4 Å². The number of ether oxygens (including phenoxy) is 5. The number of unbranched alkanes of at least 4 members (excludes halogenated alkanes) is 17. The van der Waals surface area contributed by atoms with Crippen LogP contribution in [0.1, 0.15) is 213 Å². The Morgan fingerprint density at radius 1 is 0.479 bits per heavy atom. The molecule has 1 aliphatic heterocycles. The van der Waals surface area contributed by atoms with Gasteiger partial charge in [-0.25, -0.2) is 4.79 Å². The lowest BCUT2D eigenvalue weighted by Crippen LogP contribution is -2.61. The second kappa shape index (κ2) is 46.9. The molecule has 1 aliphatic rings. The summed E-state index contributed by atoms with van der Waals surface area (Å²) in [5.74, 6) is -3.20. The van der Waals surface area contributed by atoms with Gasteiger partial charge in [0.25, 0.3) is 0 Å². The number of carboxylic acids is 1. The Bertz CT molecular complexity index is 1560. The van der Waals surface area contributed by atoms with Crippen molar-refractivity contribution in [1.29, 1.82) is 0 Å². The maximum absolute atomic E-state index is 13.1. The Balaban J connectivity index is 2.72. The van der Waals surface area contributed by atoms with Crippen molar-refractivity contribution in [2.45, 2.75) is 250 Å². The Morgan fingerprint density at radius 2 is 0.887 bits per heavy atom. The summed E-state index contributed by atoms with van der Waals surface area (Å²) in [5.41, 5.74) is 0. The van der Waals surface area contributed by atoms with Gasteiger partial charge in [0.05, 0.1) is 6.61 Å². The fraction of sp³-hybridized carbons (Fsp3) is 0.695. The first kappa shape index (κ1) is 64.9. The van der Waals surface area contributed by atoms with Crippen LogP contribution in [0.4, 0.5) is 0 Å². The molecule has 3 N–H and O–H groups in total. The van der Waals surface area contributed by atoms with Gasteiger partial charge >= 0.3 is 23.9 Å². The second-order valence-corrected chi connectivity index (χ2v) is 18.5. The maximum atomic E-state index is 13.1. The molecule has 0 aromatic heterocycles. The van der Waals surface area contributed by atoms with Crippen molar-refractivity contribution in [3.05, 3.63) is 85.1 Å². The molecular weight excluding hydrogens is 901 g/mol. The van der Waals surface area contributed by atoms with Crippen LogP contribution in [0.3, 0.4) is 0 Å². The standard InChI is InChI=1S/C59H96O12/c1-4-7-10-13-16-19-22-23-24-25-26-27-28-29-32-35-38-41-44-47-53(62)70-57-55(64)54(63)56(58(65)66)71-59(57)68-49-50(69-52(61)46-43-40-37-34-31-21-18-15-12-9-6-3)48-67-51(60)45-42-39-36-33-30-20-17-14-11-8-5-2/h7,10,14-19,23-24,26-27,29,32,50,54-57,59,63-64H,4-6,8-9,11-13,20-22,25,28,30-31,33-49H2,1-3H3,(H,65,66)/b10-7-,17-14-,18-15-,19-16-,24-23-,27-26-,32-29-. The summed E-state index contributed by atoms with van der Waals surface area (Å²) in [6, 6.07) is 0. The average molecular weight is 997 g/mol. The van der Waals surface area contributed by atoms with E-state index in [4.69, 9.17) is 23.7 Å². The minimum atomic E-state index is -1.92. The number of carboxylic acid groups (broad SMARTS) is 1. The molecule has 0 aromatic carbocycles. The van der Waals surface area contributed by atoms with Gasteiger partial charge in [-0.1, -0.05) is 176 Å². The quantitative estimate of drug-likeness (QED) is 0.0228. The Labute approximate surface area is 429 Å². The van der Waals surface area contributed by atoms with Crippen molar-refractivity contribution in [3.8, 4) is 0 Å². The van der Waals surface area contributed by atoms with Gasteiger partial charge in [0, 0.05) is 19.3 Å². The van der Waals surface area contributed by atoms with Gasteiger partial charge in [-0.05, 0) is 103 Å². The zero-order chi connectivity index (χ0) is 51.8. The fourth-order valence-corrected chi connectivity index (χ4v) is 7.65. The first-order valence-electron chi connectivity index (χ1n) is 27.6. The predicted molar refractivity (Wildman–Crippen MR) is 284 cm³/mol. The van der Waals surface area contributed by atoms with E-state index in [0.29, 0.717) is 19.3 Å². The summed E-state index contributed by atoms with van der Waals surface area (Å²) >= 11 is 0. The Morgan fingerprint density at radius 3 is 1.38 bits per heavy atom. The maximum Gasteiger partial charge on any atom is 0.335 e. The molecule has 0 spiro atoms. The molecule has 0 bridgehead atoms. The third kappa shape index (κ3) is 37.3. The fourth-order valence-electron chi connectivity index (χ4n) is 7.65. The van der Waals surface area contributed by atoms with E-state index < -0.39 is 67.3 Å². The van der Waals surface area contributed by atoms with E-state index in [1.807, 2.05) is 0 Å². The summed E-state index contributed by atoms with van der Waals surface area (Å²) in [7, 11) is 0. The van der Waals surface area contributed by atoms with E-state index in [0.717, 1.165) is 128 Å². The zero-order valence-electron chi connectivity index (χ0n) is 44.2. The molecule has 1 heterocycles. The molecule has 1 saturated heterocycles. The van der Waals surface area contributed by atoms with Gasteiger partial charge in [0.15, 0.2) is 24.6 Å². The lowest BCUT2D eigenvalue weighted by molar-refractivity contribution is -0.301. The number of allylic oxidation sites excluding steroid dienone is 14. The van der Waals surface area contributed by atoms with Crippen LogP contribution in [0.15, 0.2) is 85.1 Å². The molecule has 12 heteroatoms. The molecule has 6 atom stereocenters. The second-order valence-electron chi connectivity index (χ2n) is 18.5. The summed E-state index contributed by atoms with van der Waals surface area (Å²) in [4.78, 5) is 50.9. The van der Waals surface area contributed by atoms with Crippen LogP contribution < -0.4 is 0 Å². The number of hydrogen-bond donors (Lipinski definition) is 3. The molecule has 0 saturated carbocycles.